The van der Waals surface area contributed by atoms with Gasteiger partial charge in [-0.05, 0) is 20.8 Å². The fraction of sp³-hybridized carbons (Fsp3) is 0.929. The predicted octanol–water partition coefficient (Wildman–Crippen LogP) is 5.38. The number of ether oxygens (including phenoxy) is 2. The van der Waals surface area contributed by atoms with Crippen LogP contribution in [0.2, 0.25) is 0 Å². The number of halogens is 10. The highest BCUT2D eigenvalue weighted by molar-refractivity contribution is 5.53. The molecular formula is C14H20F10O3. The average molecular weight is 426 g/mol. The van der Waals surface area contributed by atoms with Gasteiger partial charge in [0.1, 0.15) is 6.29 Å². The Morgan fingerprint density at radius 3 is 1.22 bits per heavy atom. The van der Waals surface area contributed by atoms with E-state index in [0.717, 1.165) is 13.2 Å². The molecule has 0 heterocycles. The van der Waals surface area contributed by atoms with Crippen LogP contribution in [-0.2, 0) is 14.3 Å². The molecule has 13 heteroatoms. The van der Waals surface area contributed by atoms with Gasteiger partial charge in [0.25, 0.3) is 0 Å². The zero-order valence-corrected chi connectivity index (χ0v) is 14.6. The molecule has 0 saturated carbocycles. The summed E-state index contributed by atoms with van der Waals surface area (Å²) in [6.45, 7) is 7.25. The molecule has 0 atom stereocenters. The number of rotatable bonds is 9. The van der Waals surface area contributed by atoms with Gasteiger partial charge in [0.05, 0.1) is 0 Å². The third-order valence-electron chi connectivity index (χ3n) is 2.86. The molecule has 0 aliphatic rings. The fourth-order valence-electron chi connectivity index (χ4n) is 1.58. The zero-order chi connectivity index (χ0) is 22.1. The van der Waals surface area contributed by atoms with Gasteiger partial charge in [-0.15, -0.1) is 0 Å². The molecule has 0 N–H and O–H groups in total. The molecule has 0 aromatic carbocycles. The van der Waals surface area contributed by atoms with Gasteiger partial charge in [-0.2, -0.15) is 43.9 Å². The lowest BCUT2D eigenvalue weighted by atomic mass is 9.95. The molecule has 0 saturated heterocycles. The maximum absolute atomic E-state index is 12.4. The minimum absolute atomic E-state index is 0.0370. The highest BCUT2D eigenvalue weighted by Gasteiger charge is 2.61. The van der Waals surface area contributed by atoms with Gasteiger partial charge >= 0.3 is 24.2 Å². The van der Waals surface area contributed by atoms with Crippen LogP contribution in [0.3, 0.4) is 0 Å². The van der Waals surface area contributed by atoms with Gasteiger partial charge < -0.3 is 14.3 Å². The number of carbonyl (C=O) groups excluding carboxylic acids is 1. The molecule has 0 aromatic rings. The van der Waals surface area contributed by atoms with Gasteiger partial charge in [-0.25, -0.2) is 0 Å². The summed E-state index contributed by atoms with van der Waals surface area (Å²) in [7, 11) is 0. The van der Waals surface area contributed by atoms with Crippen molar-refractivity contribution in [3.8, 4) is 0 Å². The number of alkyl halides is 10. The molecule has 3 nitrogen and oxygen atoms in total. The van der Waals surface area contributed by atoms with Crippen molar-refractivity contribution in [1.29, 1.82) is 0 Å². The molecule has 27 heavy (non-hydrogen) atoms. The first-order valence-electron chi connectivity index (χ1n) is 7.52. The van der Waals surface area contributed by atoms with Crippen molar-refractivity contribution in [3.63, 3.8) is 0 Å². The molecule has 0 rings (SSSR count). The number of carbonyl (C=O) groups is 1. The first-order valence-corrected chi connectivity index (χ1v) is 7.52. The second kappa shape index (κ2) is 11.0. The minimum atomic E-state index is -6.14. The second-order valence-electron chi connectivity index (χ2n) is 5.19. The smallest absolute Gasteiger partial charge is 0.353 e. The van der Waals surface area contributed by atoms with Crippen molar-refractivity contribution in [2.45, 2.75) is 64.1 Å². The van der Waals surface area contributed by atoms with Crippen molar-refractivity contribution in [3.05, 3.63) is 0 Å². The topological polar surface area (TPSA) is 35.5 Å². The van der Waals surface area contributed by atoms with Crippen LogP contribution in [0.25, 0.3) is 0 Å². The molecule has 164 valence electrons. The molecule has 0 amide bonds. The van der Waals surface area contributed by atoms with Crippen LogP contribution in [-0.4, -0.2) is 50.0 Å². The summed E-state index contributed by atoms with van der Waals surface area (Å²) in [5, 5.41) is 0. The first-order chi connectivity index (χ1) is 11.9. The Hall–Kier alpha value is -1.11. The van der Waals surface area contributed by atoms with E-state index < -0.39 is 49.2 Å². The maximum atomic E-state index is 12.4. The monoisotopic (exact) mass is 426 g/mol. The van der Waals surface area contributed by atoms with E-state index in [9.17, 15) is 48.7 Å². The van der Waals surface area contributed by atoms with Crippen molar-refractivity contribution in [2.24, 2.45) is 5.92 Å². The highest BCUT2D eigenvalue weighted by Crippen LogP contribution is 2.44. The Labute approximate surface area is 149 Å². The first kappa shape index (κ1) is 28.1. The van der Waals surface area contributed by atoms with Crippen molar-refractivity contribution in [1.82, 2.24) is 0 Å². The summed E-state index contributed by atoms with van der Waals surface area (Å²) in [5.74, 6) is -13.8. The molecule has 0 bridgehead atoms. The molecular weight excluding hydrogens is 406 g/mol. The van der Waals surface area contributed by atoms with E-state index in [1.807, 2.05) is 20.8 Å². The van der Waals surface area contributed by atoms with Gasteiger partial charge in [-0.1, -0.05) is 0 Å². The largest absolute Gasteiger partial charge is 0.453 e. The number of hydrogen-bond donors (Lipinski definition) is 0. The molecule has 0 aromatic heterocycles. The Morgan fingerprint density at radius 1 is 0.741 bits per heavy atom. The summed E-state index contributed by atoms with van der Waals surface area (Å²) in [4.78, 5) is 10.1. The lowest BCUT2D eigenvalue weighted by molar-refractivity contribution is -0.299. The Balaban J connectivity index is 0. The summed E-state index contributed by atoms with van der Waals surface area (Å²) in [6.07, 6.45) is -18.0. The molecule has 0 spiro atoms. The van der Waals surface area contributed by atoms with E-state index in [-0.39, 0.29) is 6.29 Å². The van der Waals surface area contributed by atoms with Crippen molar-refractivity contribution >= 4 is 6.29 Å². The van der Waals surface area contributed by atoms with Crippen molar-refractivity contribution in [2.75, 3.05) is 13.2 Å². The second-order valence-corrected chi connectivity index (χ2v) is 5.19. The van der Waals surface area contributed by atoms with E-state index in [2.05, 4.69) is 0 Å². The highest BCUT2D eigenvalue weighted by atomic mass is 19.4. The number of hydrogen-bond acceptors (Lipinski definition) is 3. The Kier molecular flexibility index (Phi) is 11.5. The lowest BCUT2D eigenvalue weighted by Crippen LogP contribution is -2.42. The maximum Gasteiger partial charge on any atom is 0.453 e. The van der Waals surface area contributed by atoms with Gasteiger partial charge in [0.15, 0.2) is 6.29 Å². The zero-order valence-electron chi connectivity index (χ0n) is 14.6. The quantitative estimate of drug-likeness (QED) is 0.282. The van der Waals surface area contributed by atoms with E-state index in [0.29, 0.717) is 0 Å². The average Bonchev–Trinajstić information content (AvgIpc) is 2.44. The third-order valence-corrected chi connectivity index (χ3v) is 2.86. The van der Waals surface area contributed by atoms with Crippen molar-refractivity contribution < 1.29 is 58.2 Å². The van der Waals surface area contributed by atoms with Crippen LogP contribution in [0, 0.1) is 5.92 Å². The summed E-state index contributed by atoms with van der Waals surface area (Å²) in [5.41, 5.74) is 0. The fourth-order valence-corrected chi connectivity index (χ4v) is 1.58. The molecule has 0 radical (unpaired) electrons. The summed E-state index contributed by atoms with van der Waals surface area (Å²) in [6, 6.07) is 0. The van der Waals surface area contributed by atoms with Crippen LogP contribution >= 0.6 is 0 Å². The van der Waals surface area contributed by atoms with Crippen LogP contribution in [0.4, 0.5) is 43.9 Å². The molecule has 0 aliphatic carbocycles. The number of aldehydes is 1. The van der Waals surface area contributed by atoms with E-state index in [4.69, 9.17) is 9.47 Å². The molecule has 0 unspecified atom stereocenters. The standard InChI is InChI=1S/C8H6F10O.C6H14O2/c9-5(10,7(13,14)15)1-4(3-19)2-6(11,12)8(16,17)18;1-4-7-6(3)8-5-2/h3-4H,1-2H2;6H,4-5H2,1-3H3. The Bertz CT molecular complexity index is 386. The molecule has 0 fully saturated rings. The van der Waals surface area contributed by atoms with Crippen LogP contribution in [0.1, 0.15) is 33.6 Å². The Morgan fingerprint density at radius 2 is 1.04 bits per heavy atom. The normalized spacial score (nSPS) is 13.6. The van der Waals surface area contributed by atoms with Crippen LogP contribution in [0.5, 0.6) is 0 Å². The van der Waals surface area contributed by atoms with Crippen LogP contribution in [0.15, 0.2) is 0 Å². The summed E-state index contributed by atoms with van der Waals surface area (Å²) >= 11 is 0. The van der Waals surface area contributed by atoms with E-state index in [1.165, 1.54) is 0 Å². The SMILES string of the molecule is CCOC(C)OCC.O=CC(CC(F)(F)C(F)(F)F)CC(F)(F)C(F)(F)F. The summed E-state index contributed by atoms with van der Waals surface area (Å²) < 4.78 is 130. The van der Waals surface area contributed by atoms with Gasteiger partial charge in [-0.3, -0.25) is 0 Å². The van der Waals surface area contributed by atoms with Crippen LogP contribution < -0.4 is 0 Å². The molecule has 0 aliphatic heterocycles. The van der Waals surface area contributed by atoms with Gasteiger partial charge in [0, 0.05) is 32.0 Å². The predicted molar refractivity (Wildman–Crippen MR) is 73.5 cm³/mol. The minimum Gasteiger partial charge on any atom is -0.353 e. The lowest BCUT2D eigenvalue weighted by Gasteiger charge is -2.26. The van der Waals surface area contributed by atoms with E-state index in [1.54, 1.807) is 0 Å². The van der Waals surface area contributed by atoms with Gasteiger partial charge in [0.2, 0.25) is 0 Å². The third kappa shape index (κ3) is 10.7. The van der Waals surface area contributed by atoms with E-state index >= 15 is 0 Å².